The fourth-order valence-electron chi connectivity index (χ4n) is 7.40. The molecular weight excluding hydrogens is 695 g/mol. The molecule has 3 heterocycles. The number of benzene rings is 6. The molecular formula is C49H41N3S2. The van der Waals surface area contributed by atoms with Gasteiger partial charge in [0.2, 0.25) is 0 Å². The molecule has 1 aliphatic heterocycles. The molecule has 4 N–H and O–H groups in total. The highest BCUT2D eigenvalue weighted by Crippen LogP contribution is 2.44. The van der Waals surface area contributed by atoms with Crippen molar-refractivity contribution < 1.29 is 0 Å². The summed E-state index contributed by atoms with van der Waals surface area (Å²) in [6, 6.07) is 45.1. The van der Waals surface area contributed by atoms with E-state index in [1.807, 2.05) is 36.5 Å². The minimum Gasteiger partial charge on any atom is -0.397 e. The number of nitrogens with two attached hydrogens (primary N) is 2. The van der Waals surface area contributed by atoms with Crippen molar-refractivity contribution in [3.05, 3.63) is 196 Å². The topological polar surface area (TPSA) is 55.3 Å². The number of allylic oxidation sites excluding steroid dienone is 1. The van der Waals surface area contributed by atoms with Gasteiger partial charge in [-0.25, -0.2) is 0 Å². The maximum atomic E-state index is 6.23. The molecule has 264 valence electrons. The maximum absolute atomic E-state index is 6.23. The standard InChI is InChI=1S/C33H24N2S.C16H17NS/c1-21-24-13-14-28-26(15-16-32-33(28)29-10-3-5-12-31(29)36-32)27(24)17-18-35(30-11-4-2-9-25(21)30)23-8-6-7-22(19-23)20-34;1-3-8-13-14(4-2)18-15(16(13)17)11-12-9-6-5-7-10-12/h2-19H,1,20,34H2;3-10H,2,11,17H2,1H3/b18-17-;8-3-. The molecule has 2 aromatic heterocycles. The lowest BCUT2D eigenvalue weighted by Crippen LogP contribution is -2.13. The van der Waals surface area contributed by atoms with Gasteiger partial charge in [-0.2, -0.15) is 0 Å². The van der Waals surface area contributed by atoms with Crippen LogP contribution in [0.2, 0.25) is 0 Å². The highest BCUT2D eigenvalue weighted by molar-refractivity contribution is 7.26. The molecule has 0 amide bonds. The Morgan fingerprint density at radius 2 is 1.48 bits per heavy atom. The van der Waals surface area contributed by atoms with Crippen molar-refractivity contribution in [1.29, 1.82) is 0 Å². The molecule has 0 radical (unpaired) electrons. The zero-order valence-electron chi connectivity index (χ0n) is 30.3. The summed E-state index contributed by atoms with van der Waals surface area (Å²) in [5.41, 5.74) is 23.3. The number of hydrogen-bond donors (Lipinski definition) is 2. The summed E-state index contributed by atoms with van der Waals surface area (Å²) < 4.78 is 2.65. The Kier molecular flexibility index (Phi) is 9.85. The van der Waals surface area contributed by atoms with E-state index in [0.717, 1.165) is 50.6 Å². The van der Waals surface area contributed by atoms with Crippen LogP contribution in [-0.2, 0) is 13.0 Å². The Morgan fingerprint density at radius 3 is 2.30 bits per heavy atom. The largest absolute Gasteiger partial charge is 0.397 e. The number of thiophene rings is 2. The highest BCUT2D eigenvalue weighted by atomic mass is 32.1. The third-order valence-electron chi connectivity index (χ3n) is 10.0. The molecule has 0 saturated heterocycles. The van der Waals surface area contributed by atoms with Crippen LogP contribution in [0.4, 0.5) is 17.1 Å². The van der Waals surface area contributed by atoms with Crippen molar-refractivity contribution in [2.24, 2.45) is 5.73 Å². The van der Waals surface area contributed by atoms with Crippen LogP contribution >= 0.6 is 22.7 Å². The third kappa shape index (κ3) is 6.48. The first-order valence-corrected chi connectivity index (χ1v) is 19.7. The van der Waals surface area contributed by atoms with Crippen LogP contribution in [0.15, 0.2) is 153 Å². The second-order valence-electron chi connectivity index (χ2n) is 13.3. The van der Waals surface area contributed by atoms with E-state index in [2.05, 4.69) is 158 Å². The molecule has 1 aliphatic rings. The summed E-state index contributed by atoms with van der Waals surface area (Å²) in [5.74, 6) is 0. The first kappa shape index (κ1) is 35.1. The fraction of sp³-hybridized carbons (Fsp3) is 0.0612. The van der Waals surface area contributed by atoms with Gasteiger partial charge in [-0.3, -0.25) is 0 Å². The van der Waals surface area contributed by atoms with Crippen LogP contribution in [0, 0.1) is 0 Å². The molecule has 0 aliphatic carbocycles. The minimum absolute atomic E-state index is 0.512. The SMILES string of the molecule is C=C1c2ccccc2N(c2cccc(CN)c2)/C=C\c2c1ccc1c2ccc2sc3ccccc3c21.C=Cc1sc(Cc2ccccc2)c(N)c1/C=C\C. The van der Waals surface area contributed by atoms with Crippen molar-refractivity contribution in [2.75, 3.05) is 10.6 Å². The molecule has 6 aromatic carbocycles. The van der Waals surface area contributed by atoms with Crippen molar-refractivity contribution in [2.45, 2.75) is 19.9 Å². The molecule has 9 rings (SSSR count). The number of fused-ring (bicyclic) bond motifs is 8. The quantitative estimate of drug-likeness (QED) is 0.179. The van der Waals surface area contributed by atoms with Crippen LogP contribution in [0.1, 0.15) is 50.1 Å². The summed E-state index contributed by atoms with van der Waals surface area (Å²) in [5, 5.41) is 5.19. The van der Waals surface area contributed by atoms with Gasteiger partial charge in [-0.15, -0.1) is 22.7 Å². The lowest BCUT2D eigenvalue weighted by atomic mass is 9.88. The van der Waals surface area contributed by atoms with Gasteiger partial charge in [0, 0.05) is 65.9 Å². The first-order chi connectivity index (χ1) is 26.5. The molecule has 8 aromatic rings. The average Bonchev–Trinajstić information content (AvgIpc) is 3.74. The summed E-state index contributed by atoms with van der Waals surface area (Å²) in [6.07, 6.45) is 11.3. The highest BCUT2D eigenvalue weighted by Gasteiger charge is 2.21. The maximum Gasteiger partial charge on any atom is 0.0538 e. The van der Waals surface area contributed by atoms with Gasteiger partial charge in [-0.05, 0) is 81.9 Å². The Bertz CT molecular complexity index is 2750. The predicted molar refractivity (Wildman–Crippen MR) is 240 cm³/mol. The van der Waals surface area contributed by atoms with Gasteiger partial charge in [0.25, 0.3) is 0 Å². The van der Waals surface area contributed by atoms with Gasteiger partial charge in [-0.1, -0.05) is 128 Å². The molecule has 3 nitrogen and oxygen atoms in total. The van der Waals surface area contributed by atoms with Gasteiger partial charge < -0.3 is 16.4 Å². The summed E-state index contributed by atoms with van der Waals surface area (Å²) in [6.45, 7) is 11.0. The van der Waals surface area contributed by atoms with Crippen molar-refractivity contribution in [3.8, 4) is 0 Å². The lowest BCUT2D eigenvalue weighted by Gasteiger charge is -2.28. The lowest BCUT2D eigenvalue weighted by molar-refractivity contribution is 1.07. The van der Waals surface area contributed by atoms with E-state index in [9.17, 15) is 0 Å². The number of anilines is 3. The Balaban J connectivity index is 0.000000194. The number of nitrogens with zero attached hydrogens (tertiary/aromatic N) is 1. The number of hydrogen-bond acceptors (Lipinski definition) is 5. The predicted octanol–water partition coefficient (Wildman–Crippen LogP) is 13.4. The van der Waals surface area contributed by atoms with E-state index in [4.69, 9.17) is 11.5 Å². The van der Waals surface area contributed by atoms with E-state index < -0.39 is 0 Å². The molecule has 0 atom stereocenters. The van der Waals surface area contributed by atoms with Gasteiger partial charge in [0.1, 0.15) is 0 Å². The van der Waals surface area contributed by atoms with Crippen LogP contribution < -0.4 is 16.4 Å². The van der Waals surface area contributed by atoms with Gasteiger partial charge in [0.15, 0.2) is 0 Å². The molecule has 0 spiro atoms. The van der Waals surface area contributed by atoms with Gasteiger partial charge >= 0.3 is 0 Å². The van der Waals surface area contributed by atoms with E-state index >= 15 is 0 Å². The van der Waals surface area contributed by atoms with Crippen LogP contribution in [0.25, 0.3) is 54.7 Å². The second kappa shape index (κ2) is 15.2. The van der Waals surface area contributed by atoms with Crippen LogP contribution in [-0.4, -0.2) is 0 Å². The Hall–Kier alpha value is -5.98. The molecule has 0 fully saturated rings. The normalized spacial score (nSPS) is 13.0. The van der Waals surface area contributed by atoms with Crippen molar-refractivity contribution in [1.82, 2.24) is 0 Å². The fourth-order valence-corrected chi connectivity index (χ4v) is 9.61. The molecule has 0 saturated carbocycles. The van der Waals surface area contributed by atoms with Crippen LogP contribution in [0.3, 0.4) is 0 Å². The van der Waals surface area contributed by atoms with Crippen molar-refractivity contribution in [3.63, 3.8) is 0 Å². The summed E-state index contributed by atoms with van der Waals surface area (Å²) >= 11 is 3.59. The smallest absolute Gasteiger partial charge is 0.0538 e. The van der Waals surface area contributed by atoms with E-state index in [0.29, 0.717) is 6.54 Å². The summed E-state index contributed by atoms with van der Waals surface area (Å²) in [7, 11) is 0. The van der Waals surface area contributed by atoms with E-state index in [-0.39, 0.29) is 0 Å². The second-order valence-corrected chi connectivity index (χ2v) is 15.5. The zero-order chi connectivity index (χ0) is 37.2. The molecule has 0 unspecified atom stereocenters. The van der Waals surface area contributed by atoms with Crippen molar-refractivity contribution >= 4 is 94.5 Å². The number of rotatable bonds is 6. The van der Waals surface area contributed by atoms with E-state index in [1.54, 1.807) is 11.3 Å². The average molecular weight is 736 g/mol. The van der Waals surface area contributed by atoms with E-state index in [1.165, 1.54) is 52.5 Å². The molecule has 0 bridgehead atoms. The Morgan fingerprint density at radius 1 is 0.722 bits per heavy atom. The number of para-hydroxylation sites is 1. The minimum atomic E-state index is 0.512. The first-order valence-electron chi connectivity index (χ1n) is 18.1. The Labute approximate surface area is 325 Å². The third-order valence-corrected chi connectivity index (χ3v) is 12.4. The summed E-state index contributed by atoms with van der Waals surface area (Å²) in [4.78, 5) is 4.61. The monoisotopic (exact) mass is 735 g/mol. The number of nitrogen functional groups attached to an aromatic ring is 1. The van der Waals surface area contributed by atoms with Crippen LogP contribution in [0.5, 0.6) is 0 Å². The van der Waals surface area contributed by atoms with Gasteiger partial charge in [0.05, 0.1) is 11.4 Å². The zero-order valence-corrected chi connectivity index (χ0v) is 31.9. The molecule has 54 heavy (non-hydrogen) atoms. The molecule has 5 heteroatoms.